The fraction of sp³-hybridized carbons (Fsp3) is 0.889. The van der Waals surface area contributed by atoms with Crippen molar-refractivity contribution < 1.29 is 0 Å². The van der Waals surface area contributed by atoms with Crippen molar-refractivity contribution in [3.8, 4) is 0 Å². The van der Waals surface area contributed by atoms with Crippen molar-refractivity contribution in [2.45, 2.75) is 33.7 Å². The van der Waals surface area contributed by atoms with Crippen molar-refractivity contribution in [2.75, 3.05) is 17.5 Å². The van der Waals surface area contributed by atoms with Crippen LogP contribution < -0.4 is 0 Å². The molecule has 0 saturated carbocycles. The van der Waals surface area contributed by atoms with Gasteiger partial charge in [0.25, 0.3) is 0 Å². The summed E-state index contributed by atoms with van der Waals surface area (Å²) in [6.45, 7) is 10.7. The van der Waals surface area contributed by atoms with Crippen LogP contribution in [0.1, 0.15) is 27.7 Å². The molecule has 0 fully saturated rings. The van der Waals surface area contributed by atoms with Crippen LogP contribution in [0.4, 0.5) is 0 Å². The van der Waals surface area contributed by atoms with E-state index in [9.17, 15) is 0 Å². The summed E-state index contributed by atoms with van der Waals surface area (Å²) in [5, 5.41) is 0. The van der Waals surface area contributed by atoms with Gasteiger partial charge in [-0.15, -0.1) is 0 Å². The Hall–Kier alpha value is 0.200. The molecule has 2 nitrogen and oxygen atoms in total. The Bertz CT molecular complexity index is 139. The number of hydrogen-bond acceptors (Lipinski definition) is 1. The van der Waals surface area contributed by atoms with Crippen LogP contribution in [-0.4, -0.2) is 34.3 Å². The summed E-state index contributed by atoms with van der Waals surface area (Å²) in [5.74, 6) is 1.23. The first-order valence-electron chi connectivity index (χ1n) is 4.53. The van der Waals surface area contributed by atoms with Crippen LogP contribution in [0.5, 0.6) is 0 Å². The van der Waals surface area contributed by atoms with Crippen LogP contribution in [0.2, 0.25) is 0 Å². The molecule has 0 aliphatic carbocycles. The van der Waals surface area contributed by atoms with E-state index in [-0.39, 0.29) is 0 Å². The van der Waals surface area contributed by atoms with Gasteiger partial charge in [-0.3, -0.25) is 4.99 Å². The summed E-state index contributed by atoms with van der Waals surface area (Å²) in [4.78, 5) is 6.88. The van der Waals surface area contributed by atoms with E-state index < -0.39 is 0 Å². The maximum Gasteiger partial charge on any atom is 0.109 e. The van der Waals surface area contributed by atoms with E-state index in [1.54, 1.807) is 0 Å². The molecule has 0 atom stereocenters. The van der Waals surface area contributed by atoms with Gasteiger partial charge in [-0.05, 0) is 27.7 Å². The summed E-state index contributed by atoms with van der Waals surface area (Å²) in [7, 11) is 0. The summed E-state index contributed by atoms with van der Waals surface area (Å²) in [6, 6.07) is 0.412. The Balaban J connectivity index is 4.29. The molecule has 0 bridgehead atoms. The normalized spacial score (nSPS) is 12.3. The SMILES string of the molecule is CCN(CC)/C(CI)=N\C(C)C. The molecule has 0 aromatic rings. The summed E-state index contributed by atoms with van der Waals surface area (Å²) < 4.78 is 1.01. The van der Waals surface area contributed by atoms with E-state index in [1.165, 1.54) is 5.84 Å². The first-order chi connectivity index (χ1) is 5.65. The van der Waals surface area contributed by atoms with E-state index in [4.69, 9.17) is 0 Å². The first-order valence-corrected chi connectivity index (χ1v) is 6.05. The van der Waals surface area contributed by atoms with Crippen molar-refractivity contribution in [3.63, 3.8) is 0 Å². The van der Waals surface area contributed by atoms with E-state index in [1.807, 2.05) is 0 Å². The second kappa shape index (κ2) is 6.69. The summed E-state index contributed by atoms with van der Waals surface area (Å²) in [5.41, 5.74) is 0. The molecule has 0 heterocycles. The van der Waals surface area contributed by atoms with Crippen LogP contribution >= 0.6 is 22.6 Å². The van der Waals surface area contributed by atoms with Gasteiger partial charge in [0.1, 0.15) is 5.84 Å². The van der Waals surface area contributed by atoms with Crippen LogP contribution in [0.15, 0.2) is 4.99 Å². The average Bonchev–Trinajstić information content (AvgIpc) is 2.04. The Morgan fingerprint density at radius 2 is 1.83 bits per heavy atom. The number of nitrogens with zero attached hydrogens (tertiary/aromatic N) is 2. The maximum atomic E-state index is 4.57. The third-order valence-electron chi connectivity index (χ3n) is 1.66. The molecule has 3 heteroatoms. The second-order valence-corrected chi connectivity index (χ2v) is 3.71. The van der Waals surface area contributed by atoms with Crippen molar-refractivity contribution in [3.05, 3.63) is 0 Å². The Morgan fingerprint density at radius 3 is 2.08 bits per heavy atom. The number of rotatable bonds is 4. The maximum absolute atomic E-state index is 4.57. The molecule has 0 aliphatic rings. The van der Waals surface area contributed by atoms with Gasteiger partial charge in [0.15, 0.2) is 0 Å². The number of hydrogen-bond donors (Lipinski definition) is 0. The lowest BCUT2D eigenvalue weighted by Gasteiger charge is -2.22. The van der Waals surface area contributed by atoms with Crippen LogP contribution in [0.3, 0.4) is 0 Å². The van der Waals surface area contributed by atoms with Crippen molar-refractivity contribution in [1.29, 1.82) is 0 Å². The Kier molecular flexibility index (Phi) is 6.80. The number of aliphatic imine (C=N–C) groups is 1. The minimum absolute atomic E-state index is 0.412. The molecule has 0 amide bonds. The second-order valence-electron chi connectivity index (χ2n) is 2.94. The largest absolute Gasteiger partial charge is 0.360 e. The molecule has 0 spiro atoms. The van der Waals surface area contributed by atoms with Gasteiger partial charge < -0.3 is 4.90 Å². The molecule has 72 valence electrons. The smallest absolute Gasteiger partial charge is 0.109 e. The van der Waals surface area contributed by atoms with Gasteiger partial charge in [-0.1, -0.05) is 22.6 Å². The van der Waals surface area contributed by atoms with Gasteiger partial charge >= 0.3 is 0 Å². The predicted octanol–water partition coefficient (Wildman–Crippen LogP) is 2.57. The Morgan fingerprint density at radius 1 is 1.33 bits per heavy atom. The van der Waals surface area contributed by atoms with Crippen molar-refractivity contribution in [2.24, 2.45) is 4.99 Å². The quantitative estimate of drug-likeness (QED) is 0.335. The highest BCUT2D eigenvalue weighted by Gasteiger charge is 2.05. The monoisotopic (exact) mass is 282 g/mol. The molecule has 0 aromatic heterocycles. The highest BCUT2D eigenvalue weighted by molar-refractivity contribution is 14.1. The zero-order chi connectivity index (χ0) is 9.56. The highest BCUT2D eigenvalue weighted by Crippen LogP contribution is 1.99. The lowest BCUT2D eigenvalue weighted by molar-refractivity contribution is 0.460. The molecule has 0 N–H and O–H groups in total. The van der Waals surface area contributed by atoms with E-state index in [2.05, 4.69) is 60.2 Å². The molecule has 0 aliphatic heterocycles. The summed E-state index contributed by atoms with van der Waals surface area (Å²) in [6.07, 6.45) is 0. The van der Waals surface area contributed by atoms with Gasteiger partial charge in [0.05, 0.1) is 4.43 Å². The molecule has 0 rings (SSSR count). The fourth-order valence-corrected chi connectivity index (χ4v) is 1.77. The van der Waals surface area contributed by atoms with Gasteiger partial charge in [-0.25, -0.2) is 0 Å². The van der Waals surface area contributed by atoms with Crippen LogP contribution in [0.25, 0.3) is 0 Å². The third kappa shape index (κ3) is 4.28. The van der Waals surface area contributed by atoms with Gasteiger partial charge in [0.2, 0.25) is 0 Å². The van der Waals surface area contributed by atoms with E-state index >= 15 is 0 Å². The molecule has 12 heavy (non-hydrogen) atoms. The molecule has 0 saturated heterocycles. The molecule has 0 unspecified atom stereocenters. The molecule has 0 aromatic carbocycles. The van der Waals surface area contributed by atoms with Gasteiger partial charge in [0, 0.05) is 19.1 Å². The van der Waals surface area contributed by atoms with Crippen molar-refractivity contribution in [1.82, 2.24) is 4.90 Å². The predicted molar refractivity (Wildman–Crippen MR) is 64.4 cm³/mol. The van der Waals surface area contributed by atoms with Crippen LogP contribution in [-0.2, 0) is 0 Å². The zero-order valence-electron chi connectivity index (χ0n) is 8.47. The summed E-state index contributed by atoms with van der Waals surface area (Å²) >= 11 is 2.37. The topological polar surface area (TPSA) is 15.6 Å². The molecule has 0 radical (unpaired) electrons. The number of amidine groups is 1. The Labute approximate surface area is 89.6 Å². The molecular formula is C9H19IN2. The van der Waals surface area contributed by atoms with Crippen molar-refractivity contribution >= 4 is 28.4 Å². The molecular weight excluding hydrogens is 263 g/mol. The van der Waals surface area contributed by atoms with Crippen LogP contribution in [0, 0.1) is 0 Å². The highest BCUT2D eigenvalue weighted by atomic mass is 127. The minimum atomic E-state index is 0.412. The lowest BCUT2D eigenvalue weighted by Crippen LogP contribution is -2.32. The van der Waals surface area contributed by atoms with E-state index in [0.29, 0.717) is 6.04 Å². The number of halogens is 1. The first kappa shape index (κ1) is 12.2. The number of alkyl halides is 1. The average molecular weight is 282 g/mol. The standard InChI is InChI=1S/C9H19IN2/c1-5-12(6-2)9(7-10)11-8(3)4/h8H,5-7H2,1-4H3/b11-9-. The van der Waals surface area contributed by atoms with E-state index in [0.717, 1.165) is 17.5 Å². The minimum Gasteiger partial charge on any atom is -0.360 e. The zero-order valence-corrected chi connectivity index (χ0v) is 10.6. The lowest BCUT2D eigenvalue weighted by atomic mass is 10.4. The van der Waals surface area contributed by atoms with Gasteiger partial charge in [-0.2, -0.15) is 0 Å². The fourth-order valence-electron chi connectivity index (χ4n) is 1.09. The third-order valence-corrected chi connectivity index (χ3v) is 2.34.